The third kappa shape index (κ3) is 5.85. The van der Waals surface area contributed by atoms with Crippen LogP contribution < -0.4 is 20.5 Å². The molecule has 0 aliphatic carbocycles. The van der Waals surface area contributed by atoms with E-state index in [9.17, 15) is 18.0 Å². The monoisotopic (exact) mass is 536 g/mol. The first-order valence-corrected chi connectivity index (χ1v) is 12.3. The normalized spacial score (nSPS) is 15.9. The number of ether oxygens (including phenoxy) is 2. The number of carbonyl (C=O) groups is 1. The van der Waals surface area contributed by atoms with Gasteiger partial charge in [0.2, 0.25) is 12.7 Å². The van der Waals surface area contributed by atoms with Gasteiger partial charge in [-0.1, -0.05) is 5.16 Å². The molecular weight excluding hydrogens is 513 g/mol. The summed E-state index contributed by atoms with van der Waals surface area (Å²) in [6.07, 6.45) is -2.23. The van der Waals surface area contributed by atoms with Gasteiger partial charge in [-0.2, -0.15) is 13.2 Å². The largest absolute Gasteiger partial charge is 0.454 e. The summed E-state index contributed by atoms with van der Waals surface area (Å²) in [6.45, 7) is 1.71. The summed E-state index contributed by atoms with van der Waals surface area (Å²) in [7, 11) is 0. The molecule has 0 unspecified atom stereocenters. The van der Waals surface area contributed by atoms with E-state index in [1.54, 1.807) is 18.2 Å². The van der Waals surface area contributed by atoms with Crippen molar-refractivity contribution >= 4 is 39.1 Å². The van der Waals surface area contributed by atoms with Crippen LogP contribution in [0.15, 0.2) is 29.4 Å². The number of thiophene rings is 1. The van der Waals surface area contributed by atoms with Crippen molar-refractivity contribution in [2.24, 2.45) is 5.16 Å². The molecule has 1 fully saturated rings. The zero-order valence-electron chi connectivity index (χ0n) is 19.5. The van der Waals surface area contributed by atoms with Gasteiger partial charge in [0.25, 0.3) is 5.91 Å². The Morgan fingerprint density at radius 2 is 1.97 bits per heavy atom. The van der Waals surface area contributed by atoms with Crippen LogP contribution in [0.4, 0.5) is 19.1 Å². The number of oxime groups is 1. The van der Waals surface area contributed by atoms with Crippen LogP contribution in [0.25, 0.3) is 10.2 Å². The Balaban J connectivity index is 1.49. The highest BCUT2D eigenvalue weighted by atomic mass is 32.1. The molecule has 196 valence electrons. The highest BCUT2D eigenvalue weighted by Crippen LogP contribution is 2.35. The molecule has 2 aliphatic heterocycles. The Labute approximate surface area is 213 Å². The Bertz CT molecular complexity index is 1340. The van der Waals surface area contributed by atoms with E-state index in [1.165, 1.54) is 6.07 Å². The number of alkyl halides is 3. The van der Waals surface area contributed by atoms with Crippen molar-refractivity contribution in [2.75, 3.05) is 45.3 Å². The van der Waals surface area contributed by atoms with Crippen LogP contribution in [0.2, 0.25) is 0 Å². The lowest BCUT2D eigenvalue weighted by atomic mass is 10.0. The number of nitrogen functional groups attached to an aromatic ring is 1. The van der Waals surface area contributed by atoms with Crippen molar-refractivity contribution in [3.05, 3.63) is 40.4 Å². The molecule has 37 heavy (non-hydrogen) atoms. The predicted molar refractivity (Wildman–Crippen MR) is 130 cm³/mol. The van der Waals surface area contributed by atoms with Crippen LogP contribution in [0.1, 0.15) is 33.8 Å². The zero-order chi connectivity index (χ0) is 26.0. The predicted octanol–water partition coefficient (Wildman–Crippen LogP) is 3.16. The fourth-order valence-electron chi connectivity index (χ4n) is 4.06. The standard InChI is InChI=1S/C23H23F3N6O4S/c24-23(25,26)11-28-20(33)17-10-14-19(29-22(27)30-21(14)37-17)18(31-36-8-7-32-5-1-2-6-32)13-3-4-15-16(9-13)35-12-34-15/h3-4,9-10H,1-2,5-8,11-12H2,(H,28,33)(H2,27,29,30). The quantitative estimate of drug-likeness (QED) is 0.256. The molecule has 0 spiro atoms. The number of nitrogens with two attached hydrogens (primary N) is 1. The van der Waals surface area contributed by atoms with E-state index in [0.29, 0.717) is 46.1 Å². The van der Waals surface area contributed by atoms with Crippen molar-refractivity contribution in [3.63, 3.8) is 0 Å². The highest BCUT2D eigenvalue weighted by molar-refractivity contribution is 7.20. The van der Waals surface area contributed by atoms with Crippen LogP contribution >= 0.6 is 11.3 Å². The minimum Gasteiger partial charge on any atom is -0.454 e. The summed E-state index contributed by atoms with van der Waals surface area (Å²) in [6, 6.07) is 6.62. The van der Waals surface area contributed by atoms with Crippen LogP contribution in [-0.4, -0.2) is 72.2 Å². The number of carbonyl (C=O) groups excluding carboxylic acids is 1. The lowest BCUT2D eigenvalue weighted by Gasteiger charge is -2.14. The summed E-state index contributed by atoms with van der Waals surface area (Å²) in [5.74, 6) is 0.119. The molecule has 3 aromatic rings. The molecular formula is C23H23F3N6O4S. The van der Waals surface area contributed by atoms with Crippen LogP contribution in [0.5, 0.6) is 11.5 Å². The Kier molecular flexibility index (Phi) is 7.02. The van der Waals surface area contributed by atoms with E-state index >= 15 is 0 Å². The number of rotatable bonds is 8. The summed E-state index contributed by atoms with van der Waals surface area (Å²) < 4.78 is 48.6. The zero-order valence-corrected chi connectivity index (χ0v) is 20.3. The van der Waals surface area contributed by atoms with Gasteiger partial charge in [0.05, 0.1) is 4.88 Å². The Morgan fingerprint density at radius 1 is 1.19 bits per heavy atom. The molecule has 0 saturated carbocycles. The molecule has 5 rings (SSSR count). The third-order valence-electron chi connectivity index (χ3n) is 5.81. The number of fused-ring (bicyclic) bond motifs is 2. The van der Waals surface area contributed by atoms with E-state index in [4.69, 9.17) is 20.0 Å². The summed E-state index contributed by atoms with van der Waals surface area (Å²) in [4.78, 5) is 29.2. The van der Waals surface area contributed by atoms with E-state index in [1.807, 2.05) is 5.32 Å². The van der Waals surface area contributed by atoms with Crippen molar-refractivity contribution in [1.29, 1.82) is 0 Å². The first-order valence-electron chi connectivity index (χ1n) is 11.5. The number of hydrogen-bond acceptors (Lipinski definition) is 10. The Hall–Kier alpha value is -3.65. The van der Waals surface area contributed by atoms with Gasteiger partial charge in [0.1, 0.15) is 29.4 Å². The van der Waals surface area contributed by atoms with Crippen molar-refractivity contribution in [3.8, 4) is 11.5 Å². The maximum absolute atomic E-state index is 12.6. The number of nitrogens with one attached hydrogen (secondary N) is 1. The van der Waals surface area contributed by atoms with Gasteiger partial charge in [-0.25, -0.2) is 9.97 Å². The lowest BCUT2D eigenvalue weighted by Crippen LogP contribution is -2.33. The van der Waals surface area contributed by atoms with E-state index < -0.39 is 18.6 Å². The van der Waals surface area contributed by atoms with Crippen LogP contribution in [0.3, 0.4) is 0 Å². The van der Waals surface area contributed by atoms with Crippen molar-refractivity contribution < 1.29 is 32.3 Å². The fraction of sp³-hybridized carbons (Fsp3) is 0.391. The number of likely N-dealkylation sites (tertiary alicyclic amines) is 1. The molecule has 4 heterocycles. The topological polar surface area (TPSA) is 124 Å². The number of benzene rings is 1. The second-order valence-electron chi connectivity index (χ2n) is 8.45. The number of halogens is 3. The maximum atomic E-state index is 12.6. The molecule has 3 N–H and O–H groups in total. The van der Waals surface area contributed by atoms with Gasteiger partial charge in [0.15, 0.2) is 11.5 Å². The summed E-state index contributed by atoms with van der Waals surface area (Å²) in [5.41, 5.74) is 7.12. The maximum Gasteiger partial charge on any atom is 0.405 e. The Morgan fingerprint density at radius 3 is 2.76 bits per heavy atom. The average molecular weight is 537 g/mol. The first-order chi connectivity index (χ1) is 17.8. The lowest BCUT2D eigenvalue weighted by molar-refractivity contribution is -0.123. The number of aromatic nitrogens is 2. The van der Waals surface area contributed by atoms with Crippen molar-refractivity contribution in [1.82, 2.24) is 20.2 Å². The molecule has 1 aromatic carbocycles. The molecule has 10 nitrogen and oxygen atoms in total. The van der Waals surface area contributed by atoms with E-state index in [0.717, 1.165) is 37.3 Å². The number of hydrogen-bond donors (Lipinski definition) is 2. The number of anilines is 1. The minimum absolute atomic E-state index is 0.0281. The van der Waals surface area contributed by atoms with E-state index in [2.05, 4.69) is 20.0 Å². The second kappa shape index (κ2) is 10.4. The van der Waals surface area contributed by atoms with Gasteiger partial charge in [-0.15, -0.1) is 11.3 Å². The molecule has 14 heteroatoms. The van der Waals surface area contributed by atoms with Gasteiger partial charge < -0.3 is 25.4 Å². The van der Waals surface area contributed by atoms with Crippen LogP contribution in [-0.2, 0) is 4.84 Å². The summed E-state index contributed by atoms with van der Waals surface area (Å²) in [5, 5.41) is 6.64. The molecule has 2 aliphatic rings. The molecule has 0 atom stereocenters. The van der Waals surface area contributed by atoms with Gasteiger partial charge in [-0.05, 0) is 50.2 Å². The van der Waals surface area contributed by atoms with Crippen LogP contribution in [0, 0.1) is 0 Å². The highest BCUT2D eigenvalue weighted by Gasteiger charge is 2.29. The smallest absolute Gasteiger partial charge is 0.405 e. The van der Waals surface area contributed by atoms with E-state index in [-0.39, 0.29) is 23.3 Å². The molecule has 0 radical (unpaired) electrons. The van der Waals surface area contributed by atoms with Gasteiger partial charge in [-0.3, -0.25) is 9.69 Å². The average Bonchev–Trinajstić information content (AvgIpc) is 3.61. The molecule has 1 saturated heterocycles. The molecule has 0 bridgehead atoms. The first kappa shape index (κ1) is 25.0. The SMILES string of the molecule is Nc1nc(C(=NOCCN2CCCC2)c2ccc3c(c2)OCO3)c2cc(C(=O)NCC(F)(F)F)sc2n1. The molecule has 2 aromatic heterocycles. The second-order valence-corrected chi connectivity index (χ2v) is 9.48. The number of amides is 1. The fourth-order valence-corrected chi connectivity index (χ4v) is 5.02. The third-order valence-corrected chi connectivity index (χ3v) is 6.83. The summed E-state index contributed by atoms with van der Waals surface area (Å²) >= 11 is 0.904. The van der Waals surface area contributed by atoms with Crippen molar-refractivity contribution in [2.45, 2.75) is 19.0 Å². The molecule has 1 amide bonds. The van der Waals surface area contributed by atoms with Gasteiger partial charge >= 0.3 is 6.18 Å². The van der Waals surface area contributed by atoms with Gasteiger partial charge in [0, 0.05) is 17.5 Å². The minimum atomic E-state index is -4.53. The number of nitrogens with zero attached hydrogens (tertiary/aromatic N) is 4.